The number of rotatable bonds is 2. The van der Waals surface area contributed by atoms with Crippen LogP contribution in [0.1, 0.15) is 19.3 Å². The van der Waals surface area contributed by atoms with Crippen LogP contribution >= 0.6 is 0 Å². The molecule has 2 aliphatic rings. The Hall–Kier alpha value is -1.79. The number of hydrogen-bond acceptors (Lipinski definition) is 3. The van der Waals surface area contributed by atoms with Gasteiger partial charge in [-0.3, -0.25) is 9.59 Å². The number of nitrogens with zero attached hydrogens (tertiary/aromatic N) is 1. The van der Waals surface area contributed by atoms with E-state index in [1.807, 2.05) is 0 Å². The molecule has 1 aromatic rings. The maximum Gasteiger partial charge on any atom is 0.292 e. The van der Waals surface area contributed by atoms with Crippen molar-refractivity contribution in [3.8, 4) is 0 Å². The van der Waals surface area contributed by atoms with Gasteiger partial charge in [-0.05, 0) is 24.3 Å². The minimum absolute atomic E-state index is 0.182. The predicted molar refractivity (Wildman–Crippen MR) is 73.2 cm³/mol. The van der Waals surface area contributed by atoms with Crippen LogP contribution in [-0.2, 0) is 9.59 Å². The summed E-state index contributed by atoms with van der Waals surface area (Å²) in [6.45, 7) is 1.39. The van der Waals surface area contributed by atoms with Crippen LogP contribution in [0, 0.1) is 5.82 Å². The predicted octanol–water partition coefficient (Wildman–Crippen LogP) is -0.503. The minimum Gasteiger partial charge on any atom is -0.393 e. The zero-order chi connectivity index (χ0) is 15.0. The van der Waals surface area contributed by atoms with Crippen LogP contribution in [0.5, 0.6) is 0 Å². The van der Waals surface area contributed by atoms with Crippen molar-refractivity contribution in [2.45, 2.75) is 31.4 Å². The van der Waals surface area contributed by atoms with E-state index in [-0.39, 0.29) is 30.4 Å². The number of likely N-dealkylation sites (tertiary alicyclic amines) is 1. The summed E-state index contributed by atoms with van der Waals surface area (Å²) in [6, 6.07) is 5.00. The lowest BCUT2D eigenvalue weighted by Gasteiger charge is -2.29. The lowest BCUT2D eigenvalue weighted by atomic mass is 10.1. The number of hydrogen-bond donors (Lipinski definition) is 2. The van der Waals surface area contributed by atoms with Crippen molar-refractivity contribution in [2.75, 3.05) is 18.0 Å². The van der Waals surface area contributed by atoms with Crippen LogP contribution in [0.25, 0.3) is 0 Å². The highest BCUT2D eigenvalue weighted by Crippen LogP contribution is 2.22. The van der Waals surface area contributed by atoms with Crippen LogP contribution in [0.15, 0.2) is 24.3 Å². The highest BCUT2D eigenvalue weighted by molar-refractivity contribution is 6.21. The van der Waals surface area contributed by atoms with Gasteiger partial charge in [-0.1, -0.05) is 0 Å². The van der Waals surface area contributed by atoms with E-state index in [0.717, 1.165) is 9.80 Å². The van der Waals surface area contributed by atoms with Crippen LogP contribution in [-0.4, -0.2) is 42.2 Å². The van der Waals surface area contributed by atoms with Gasteiger partial charge in [-0.15, -0.1) is 0 Å². The van der Waals surface area contributed by atoms with E-state index < -0.39 is 5.82 Å². The molecule has 112 valence electrons. The van der Waals surface area contributed by atoms with Gasteiger partial charge in [0.2, 0.25) is 5.91 Å². The van der Waals surface area contributed by atoms with E-state index in [1.165, 1.54) is 24.3 Å². The van der Waals surface area contributed by atoms with Gasteiger partial charge in [0.15, 0.2) is 6.04 Å². The lowest BCUT2D eigenvalue weighted by molar-refractivity contribution is -0.920. The molecule has 0 saturated carbocycles. The summed E-state index contributed by atoms with van der Waals surface area (Å²) in [5, 5.41) is 9.53. The van der Waals surface area contributed by atoms with E-state index in [1.54, 1.807) is 0 Å². The van der Waals surface area contributed by atoms with Crippen molar-refractivity contribution in [1.29, 1.82) is 0 Å². The molecule has 1 aromatic carbocycles. The van der Waals surface area contributed by atoms with Gasteiger partial charge >= 0.3 is 0 Å². The first-order valence-electron chi connectivity index (χ1n) is 7.21. The third-order valence-electron chi connectivity index (χ3n) is 4.32. The first kappa shape index (κ1) is 14.2. The number of benzene rings is 1. The van der Waals surface area contributed by atoms with Crippen molar-refractivity contribution in [1.82, 2.24) is 0 Å². The monoisotopic (exact) mass is 293 g/mol. The fraction of sp³-hybridized carbons (Fsp3) is 0.467. The zero-order valence-electron chi connectivity index (χ0n) is 11.6. The number of carbonyl (C=O) groups excluding carboxylic acids is 2. The molecular formula is C15H18FN2O3+. The molecule has 21 heavy (non-hydrogen) atoms. The molecule has 2 amide bonds. The van der Waals surface area contributed by atoms with Gasteiger partial charge in [0.1, 0.15) is 5.82 Å². The molecule has 0 aromatic heterocycles. The molecule has 0 aliphatic carbocycles. The first-order valence-corrected chi connectivity index (χ1v) is 7.21. The number of imide groups is 1. The molecule has 2 saturated heterocycles. The Morgan fingerprint density at radius 3 is 2.38 bits per heavy atom. The van der Waals surface area contributed by atoms with E-state index in [9.17, 15) is 19.1 Å². The number of quaternary nitrogens is 1. The molecule has 2 heterocycles. The van der Waals surface area contributed by atoms with Gasteiger partial charge in [0.25, 0.3) is 5.91 Å². The van der Waals surface area contributed by atoms with Gasteiger partial charge in [-0.2, -0.15) is 0 Å². The smallest absolute Gasteiger partial charge is 0.292 e. The molecule has 5 nitrogen and oxygen atoms in total. The largest absolute Gasteiger partial charge is 0.393 e. The average Bonchev–Trinajstić information content (AvgIpc) is 2.76. The Kier molecular flexibility index (Phi) is 3.73. The Labute approximate surface area is 122 Å². The summed E-state index contributed by atoms with van der Waals surface area (Å²) in [4.78, 5) is 26.9. The van der Waals surface area contributed by atoms with E-state index in [2.05, 4.69) is 0 Å². The summed E-state index contributed by atoms with van der Waals surface area (Å²) in [5.41, 5.74) is 0.422. The first-order chi connectivity index (χ1) is 10.1. The number of carbonyl (C=O) groups is 2. The Morgan fingerprint density at radius 1 is 1.14 bits per heavy atom. The van der Waals surface area contributed by atoms with Crippen LogP contribution in [0.2, 0.25) is 0 Å². The number of aliphatic hydroxyl groups excluding tert-OH is 1. The lowest BCUT2D eigenvalue weighted by Crippen LogP contribution is -3.17. The quantitative estimate of drug-likeness (QED) is 0.723. The molecule has 2 N–H and O–H groups in total. The summed E-state index contributed by atoms with van der Waals surface area (Å²) >= 11 is 0. The summed E-state index contributed by atoms with van der Waals surface area (Å²) < 4.78 is 13.0. The molecule has 0 unspecified atom stereocenters. The van der Waals surface area contributed by atoms with E-state index >= 15 is 0 Å². The zero-order valence-corrected chi connectivity index (χ0v) is 11.6. The second-order valence-electron chi connectivity index (χ2n) is 5.69. The molecule has 2 aliphatic heterocycles. The maximum absolute atomic E-state index is 13.0. The number of halogens is 1. The van der Waals surface area contributed by atoms with Gasteiger partial charge in [0.05, 0.1) is 31.3 Å². The summed E-state index contributed by atoms with van der Waals surface area (Å²) in [7, 11) is 0. The molecule has 0 spiro atoms. The molecule has 1 atom stereocenters. The third kappa shape index (κ3) is 2.69. The average molecular weight is 293 g/mol. The van der Waals surface area contributed by atoms with Crippen molar-refractivity contribution in [3.63, 3.8) is 0 Å². The number of anilines is 1. The normalized spacial score (nSPS) is 30.0. The molecule has 2 fully saturated rings. The fourth-order valence-electron chi connectivity index (χ4n) is 3.13. The minimum atomic E-state index is -0.398. The van der Waals surface area contributed by atoms with Gasteiger partial charge in [0, 0.05) is 12.8 Å². The van der Waals surface area contributed by atoms with E-state index in [4.69, 9.17) is 0 Å². The van der Waals surface area contributed by atoms with Crippen molar-refractivity contribution in [3.05, 3.63) is 30.1 Å². The molecule has 6 heteroatoms. The topological polar surface area (TPSA) is 62.1 Å². The Balaban J connectivity index is 1.77. The molecule has 3 rings (SSSR count). The SMILES string of the molecule is O=C1C[C@H]([NH+]2CCC(O)CC2)C(=O)N1c1ccc(F)cc1. The number of aliphatic hydroxyl groups is 1. The third-order valence-corrected chi connectivity index (χ3v) is 4.32. The number of nitrogens with one attached hydrogen (secondary N) is 1. The van der Waals surface area contributed by atoms with Crippen molar-refractivity contribution in [2.24, 2.45) is 0 Å². The number of piperidine rings is 1. The van der Waals surface area contributed by atoms with Crippen LogP contribution in [0.3, 0.4) is 0 Å². The van der Waals surface area contributed by atoms with Crippen LogP contribution in [0.4, 0.5) is 10.1 Å². The maximum atomic E-state index is 13.0. The standard InChI is InChI=1S/C15H17FN2O3/c16-10-1-3-11(4-2-10)18-14(20)9-13(15(18)21)17-7-5-12(19)6-8-17/h1-4,12-13,19H,5-9H2/p+1/t13-/m0/s1. The fourth-order valence-corrected chi connectivity index (χ4v) is 3.13. The highest BCUT2D eigenvalue weighted by Gasteiger charge is 2.46. The van der Waals surface area contributed by atoms with Gasteiger partial charge in [-0.25, -0.2) is 9.29 Å². The summed E-state index contributed by atoms with van der Waals surface area (Å²) in [5.74, 6) is -0.863. The van der Waals surface area contributed by atoms with Gasteiger partial charge < -0.3 is 10.0 Å². The second kappa shape index (κ2) is 5.54. The van der Waals surface area contributed by atoms with Crippen molar-refractivity contribution < 1.29 is 24.0 Å². The number of amides is 2. The Bertz CT molecular complexity index is 553. The Morgan fingerprint density at radius 2 is 1.76 bits per heavy atom. The van der Waals surface area contributed by atoms with E-state index in [0.29, 0.717) is 31.6 Å². The second-order valence-corrected chi connectivity index (χ2v) is 5.69. The van der Waals surface area contributed by atoms with Crippen molar-refractivity contribution >= 4 is 17.5 Å². The highest BCUT2D eigenvalue weighted by atomic mass is 19.1. The summed E-state index contributed by atoms with van der Waals surface area (Å²) in [6.07, 6.45) is 1.20. The molecular weight excluding hydrogens is 275 g/mol. The molecule has 0 bridgehead atoms. The van der Waals surface area contributed by atoms with Crippen LogP contribution < -0.4 is 9.80 Å². The molecule has 0 radical (unpaired) electrons.